The normalized spacial score (nSPS) is 12.0. The van der Waals surface area contributed by atoms with Crippen molar-refractivity contribution in [1.82, 2.24) is 0 Å². The third-order valence-electron chi connectivity index (χ3n) is 1.93. The van der Waals surface area contributed by atoms with Crippen molar-refractivity contribution in [3.63, 3.8) is 0 Å². The van der Waals surface area contributed by atoms with Gasteiger partial charge in [0.2, 0.25) is 0 Å². The van der Waals surface area contributed by atoms with Crippen molar-refractivity contribution in [3.8, 4) is 0 Å². The summed E-state index contributed by atoms with van der Waals surface area (Å²) in [6, 6.07) is 0. The minimum Gasteiger partial charge on any atom is -0.0654 e. The largest absolute Gasteiger partial charge is 0.0654 e. The average Bonchev–Trinajstić information content (AvgIpc) is 1.84. The molecule has 0 aliphatic carbocycles. The third kappa shape index (κ3) is 4.84. The molecular formula is C10H21. The highest BCUT2D eigenvalue weighted by molar-refractivity contribution is 4.82. The maximum Gasteiger partial charge on any atom is -0.0323 e. The molecule has 1 radical (unpaired) electrons. The van der Waals surface area contributed by atoms with Gasteiger partial charge in [-0.2, -0.15) is 0 Å². The van der Waals surface area contributed by atoms with E-state index in [-0.39, 0.29) is 0 Å². The van der Waals surface area contributed by atoms with Crippen molar-refractivity contribution in [2.24, 2.45) is 5.41 Å². The summed E-state index contributed by atoms with van der Waals surface area (Å²) in [6.45, 7) is 9.12. The Morgan fingerprint density at radius 1 is 1.20 bits per heavy atom. The lowest BCUT2D eigenvalue weighted by Gasteiger charge is -2.22. The summed E-state index contributed by atoms with van der Waals surface area (Å²) in [5.74, 6) is 0. The molecule has 0 aromatic heterocycles. The van der Waals surface area contributed by atoms with Crippen LogP contribution in [-0.2, 0) is 0 Å². The quantitative estimate of drug-likeness (QED) is 0.546. The SMILES string of the molecule is CC[CH]C(C)(C)CCCC. The summed E-state index contributed by atoms with van der Waals surface area (Å²) >= 11 is 0. The van der Waals surface area contributed by atoms with Crippen LogP contribution < -0.4 is 0 Å². The van der Waals surface area contributed by atoms with E-state index in [9.17, 15) is 0 Å². The Balaban J connectivity index is 3.42. The van der Waals surface area contributed by atoms with Crippen LogP contribution in [0.25, 0.3) is 0 Å². The molecule has 0 rings (SSSR count). The second-order valence-electron chi connectivity index (χ2n) is 3.70. The molecule has 0 aliphatic rings. The molecule has 0 unspecified atom stereocenters. The number of rotatable bonds is 5. The Hall–Kier alpha value is 0. The predicted octanol–water partition coefficient (Wildman–Crippen LogP) is 3.82. The fourth-order valence-corrected chi connectivity index (χ4v) is 1.29. The Kier molecular flexibility index (Phi) is 4.76. The van der Waals surface area contributed by atoms with Crippen LogP contribution >= 0.6 is 0 Å². The van der Waals surface area contributed by atoms with Gasteiger partial charge in [-0.15, -0.1) is 0 Å². The van der Waals surface area contributed by atoms with E-state index in [1.54, 1.807) is 0 Å². The van der Waals surface area contributed by atoms with Gasteiger partial charge in [0.1, 0.15) is 0 Å². The van der Waals surface area contributed by atoms with Crippen LogP contribution in [0.3, 0.4) is 0 Å². The lowest BCUT2D eigenvalue weighted by Crippen LogP contribution is -2.10. The van der Waals surface area contributed by atoms with Gasteiger partial charge in [0.05, 0.1) is 0 Å². The molecule has 0 heteroatoms. The number of unbranched alkanes of at least 4 members (excludes halogenated alkanes) is 1. The van der Waals surface area contributed by atoms with Crippen LogP contribution in [0.2, 0.25) is 0 Å². The molecule has 0 nitrogen and oxygen atoms in total. The Labute approximate surface area is 66.0 Å². The van der Waals surface area contributed by atoms with Crippen LogP contribution in [0, 0.1) is 11.8 Å². The first kappa shape index (κ1) is 10.0. The zero-order chi connectivity index (χ0) is 8.04. The molecule has 0 saturated carbocycles. The molecule has 0 saturated heterocycles. The average molecular weight is 141 g/mol. The standard InChI is InChI=1S/C10H21/c1-5-7-9-10(3,4)8-6-2/h8H,5-7,9H2,1-4H3. The van der Waals surface area contributed by atoms with Gasteiger partial charge in [-0.1, -0.05) is 47.0 Å². The molecule has 0 fully saturated rings. The van der Waals surface area contributed by atoms with E-state index < -0.39 is 0 Å². The number of hydrogen-bond donors (Lipinski definition) is 0. The van der Waals surface area contributed by atoms with Crippen molar-refractivity contribution >= 4 is 0 Å². The highest BCUT2D eigenvalue weighted by Crippen LogP contribution is 2.27. The molecule has 0 aliphatic heterocycles. The second-order valence-corrected chi connectivity index (χ2v) is 3.70. The van der Waals surface area contributed by atoms with Gasteiger partial charge in [-0.3, -0.25) is 0 Å². The van der Waals surface area contributed by atoms with Crippen LogP contribution in [0.1, 0.15) is 53.4 Å². The van der Waals surface area contributed by atoms with Crippen LogP contribution in [0.4, 0.5) is 0 Å². The molecule has 0 N–H and O–H groups in total. The summed E-state index contributed by atoms with van der Waals surface area (Å²) in [5.41, 5.74) is 0.477. The second kappa shape index (κ2) is 4.76. The maximum absolute atomic E-state index is 2.42. The van der Waals surface area contributed by atoms with Crippen LogP contribution in [0.5, 0.6) is 0 Å². The Bertz CT molecular complexity index is 72.1. The van der Waals surface area contributed by atoms with Crippen LogP contribution in [0.15, 0.2) is 0 Å². The molecule has 0 aromatic rings. The van der Waals surface area contributed by atoms with Crippen molar-refractivity contribution in [2.45, 2.75) is 53.4 Å². The minimum absolute atomic E-state index is 0.477. The van der Waals surface area contributed by atoms with Gasteiger partial charge in [0.25, 0.3) is 0 Å². The minimum atomic E-state index is 0.477. The van der Waals surface area contributed by atoms with E-state index in [1.807, 2.05) is 0 Å². The zero-order valence-corrected chi connectivity index (χ0v) is 7.91. The monoisotopic (exact) mass is 141 g/mol. The first-order valence-corrected chi connectivity index (χ1v) is 4.46. The predicted molar refractivity (Wildman–Crippen MR) is 47.9 cm³/mol. The molecule has 61 valence electrons. The highest BCUT2D eigenvalue weighted by atomic mass is 14.2. The van der Waals surface area contributed by atoms with Gasteiger partial charge in [-0.25, -0.2) is 0 Å². The van der Waals surface area contributed by atoms with Crippen LogP contribution in [-0.4, -0.2) is 0 Å². The lowest BCUT2D eigenvalue weighted by molar-refractivity contribution is 0.375. The molecule has 0 heterocycles. The summed E-state index contributed by atoms with van der Waals surface area (Å²) in [7, 11) is 0. The van der Waals surface area contributed by atoms with Gasteiger partial charge in [0.15, 0.2) is 0 Å². The van der Waals surface area contributed by atoms with Crippen molar-refractivity contribution in [1.29, 1.82) is 0 Å². The van der Waals surface area contributed by atoms with E-state index in [0.29, 0.717) is 5.41 Å². The molecule has 0 amide bonds. The van der Waals surface area contributed by atoms with Crippen molar-refractivity contribution < 1.29 is 0 Å². The van der Waals surface area contributed by atoms with Gasteiger partial charge in [-0.05, 0) is 18.3 Å². The zero-order valence-electron chi connectivity index (χ0n) is 7.91. The van der Waals surface area contributed by atoms with Gasteiger partial charge >= 0.3 is 0 Å². The molecule has 0 atom stereocenters. The van der Waals surface area contributed by atoms with Gasteiger partial charge < -0.3 is 0 Å². The molecule has 10 heavy (non-hydrogen) atoms. The smallest absolute Gasteiger partial charge is 0.0323 e. The molecule has 0 spiro atoms. The van der Waals surface area contributed by atoms with Crippen molar-refractivity contribution in [3.05, 3.63) is 6.42 Å². The molecule has 0 bridgehead atoms. The van der Waals surface area contributed by atoms with E-state index in [0.717, 1.165) is 0 Å². The summed E-state index contributed by atoms with van der Waals surface area (Å²) in [5, 5.41) is 0. The number of hydrogen-bond acceptors (Lipinski definition) is 0. The van der Waals surface area contributed by atoms with Gasteiger partial charge in [0, 0.05) is 0 Å². The summed E-state index contributed by atoms with van der Waals surface area (Å²) in [4.78, 5) is 0. The van der Waals surface area contributed by atoms with E-state index >= 15 is 0 Å². The van der Waals surface area contributed by atoms with E-state index in [1.165, 1.54) is 25.7 Å². The molecular weight excluding hydrogens is 120 g/mol. The lowest BCUT2D eigenvalue weighted by atomic mass is 9.83. The van der Waals surface area contributed by atoms with E-state index in [2.05, 4.69) is 34.1 Å². The van der Waals surface area contributed by atoms with Crippen molar-refractivity contribution in [2.75, 3.05) is 0 Å². The summed E-state index contributed by atoms with van der Waals surface area (Å²) in [6.07, 6.45) is 7.65. The first-order chi connectivity index (χ1) is 4.62. The van der Waals surface area contributed by atoms with E-state index in [4.69, 9.17) is 0 Å². The Morgan fingerprint density at radius 3 is 2.20 bits per heavy atom. The topological polar surface area (TPSA) is 0 Å². The Morgan fingerprint density at radius 2 is 1.80 bits per heavy atom. The molecule has 0 aromatic carbocycles. The fraction of sp³-hybridized carbons (Fsp3) is 0.900. The first-order valence-electron chi connectivity index (χ1n) is 4.46. The summed E-state index contributed by atoms with van der Waals surface area (Å²) < 4.78 is 0. The maximum atomic E-state index is 2.42. The fourth-order valence-electron chi connectivity index (χ4n) is 1.29. The third-order valence-corrected chi connectivity index (χ3v) is 1.93. The highest BCUT2D eigenvalue weighted by Gasteiger charge is 2.14.